The number of carbonyl (C=O) groups is 3. The summed E-state index contributed by atoms with van der Waals surface area (Å²) in [7, 11) is 0. The van der Waals surface area contributed by atoms with Crippen LogP contribution in [0.15, 0.2) is 122 Å². The van der Waals surface area contributed by atoms with E-state index in [0.29, 0.717) is 19.3 Å². The SMILES string of the molecule is CC/C=C\C/C=C\C/C=C\C/C=C\C/C=C\C/C=C\C/C=C\CCCCCCCC(=O)OCC(COC(=O)CCCCCCC/C=C\C/C=C\CCC)OC(=O)CCCCCCCCCCC/C=C\CCCCCCCCCC. The van der Waals surface area contributed by atoms with Crippen LogP contribution in [-0.2, 0) is 28.6 Å². The van der Waals surface area contributed by atoms with Crippen LogP contribution >= 0.6 is 0 Å². The third-order valence-corrected chi connectivity index (χ3v) is 13.9. The van der Waals surface area contributed by atoms with Crippen molar-refractivity contribution in [2.75, 3.05) is 13.2 Å². The van der Waals surface area contributed by atoms with Gasteiger partial charge in [0, 0.05) is 19.3 Å². The second-order valence-corrected chi connectivity index (χ2v) is 21.6. The molecule has 0 aliphatic heterocycles. The first-order valence-corrected chi connectivity index (χ1v) is 33.0. The van der Waals surface area contributed by atoms with Crippen LogP contribution in [0.5, 0.6) is 0 Å². The molecule has 0 amide bonds. The van der Waals surface area contributed by atoms with E-state index >= 15 is 0 Å². The van der Waals surface area contributed by atoms with E-state index in [1.165, 1.54) is 109 Å². The Balaban J connectivity index is 4.38. The minimum absolute atomic E-state index is 0.0940. The van der Waals surface area contributed by atoms with Gasteiger partial charge in [-0.05, 0) is 128 Å². The normalized spacial score (nSPS) is 12.9. The molecule has 0 aliphatic carbocycles. The molecular formula is C73H122O6. The number of unbranched alkanes of at least 4 members (excludes halogenated alkanes) is 28. The zero-order valence-electron chi connectivity index (χ0n) is 51.6. The maximum atomic E-state index is 12.9. The average Bonchev–Trinajstić information content (AvgIpc) is 3.45. The summed E-state index contributed by atoms with van der Waals surface area (Å²) in [5.74, 6) is -0.923. The molecule has 1 atom stereocenters. The first-order valence-electron chi connectivity index (χ1n) is 33.0. The molecule has 450 valence electrons. The average molecular weight is 1100 g/mol. The van der Waals surface area contributed by atoms with Crippen LogP contribution in [0.25, 0.3) is 0 Å². The Labute approximate surface area is 488 Å². The summed E-state index contributed by atoms with van der Waals surface area (Å²) in [6.07, 6.45) is 92.1. The third-order valence-electron chi connectivity index (χ3n) is 13.9. The summed E-state index contributed by atoms with van der Waals surface area (Å²) in [5, 5.41) is 0. The van der Waals surface area contributed by atoms with Gasteiger partial charge in [0.05, 0.1) is 0 Å². The summed E-state index contributed by atoms with van der Waals surface area (Å²) in [5.41, 5.74) is 0. The van der Waals surface area contributed by atoms with Crippen molar-refractivity contribution in [1.82, 2.24) is 0 Å². The monoisotopic (exact) mass is 1090 g/mol. The highest BCUT2D eigenvalue weighted by atomic mass is 16.6. The number of ether oxygens (including phenoxy) is 3. The van der Waals surface area contributed by atoms with Crippen LogP contribution < -0.4 is 0 Å². The van der Waals surface area contributed by atoms with E-state index in [9.17, 15) is 14.4 Å². The minimum atomic E-state index is -0.798. The first-order chi connectivity index (χ1) is 39.0. The lowest BCUT2D eigenvalue weighted by molar-refractivity contribution is -0.167. The van der Waals surface area contributed by atoms with Crippen LogP contribution in [0.4, 0.5) is 0 Å². The van der Waals surface area contributed by atoms with Gasteiger partial charge in [0.2, 0.25) is 0 Å². The van der Waals surface area contributed by atoms with Crippen molar-refractivity contribution in [2.24, 2.45) is 0 Å². The van der Waals surface area contributed by atoms with Crippen molar-refractivity contribution >= 4 is 17.9 Å². The largest absolute Gasteiger partial charge is 0.462 e. The molecule has 0 radical (unpaired) electrons. The highest BCUT2D eigenvalue weighted by Gasteiger charge is 2.19. The number of esters is 3. The molecule has 0 saturated heterocycles. The molecule has 0 fully saturated rings. The van der Waals surface area contributed by atoms with Crippen molar-refractivity contribution in [2.45, 2.75) is 309 Å². The lowest BCUT2D eigenvalue weighted by Gasteiger charge is -2.18. The van der Waals surface area contributed by atoms with E-state index in [-0.39, 0.29) is 31.1 Å². The fourth-order valence-corrected chi connectivity index (χ4v) is 8.99. The van der Waals surface area contributed by atoms with E-state index in [2.05, 4.69) is 142 Å². The van der Waals surface area contributed by atoms with Crippen LogP contribution in [-0.4, -0.2) is 37.2 Å². The lowest BCUT2D eigenvalue weighted by atomic mass is 10.1. The van der Waals surface area contributed by atoms with Crippen molar-refractivity contribution in [1.29, 1.82) is 0 Å². The number of rotatable bonds is 59. The van der Waals surface area contributed by atoms with Gasteiger partial charge in [-0.1, -0.05) is 277 Å². The molecular weight excluding hydrogens is 973 g/mol. The van der Waals surface area contributed by atoms with Gasteiger partial charge in [0.25, 0.3) is 0 Å². The van der Waals surface area contributed by atoms with Crippen LogP contribution in [0.2, 0.25) is 0 Å². The Morgan fingerprint density at radius 1 is 0.266 bits per heavy atom. The maximum absolute atomic E-state index is 12.9. The fraction of sp³-hybridized carbons (Fsp3) is 0.685. The van der Waals surface area contributed by atoms with Gasteiger partial charge in [0.1, 0.15) is 13.2 Å². The second-order valence-electron chi connectivity index (χ2n) is 21.6. The van der Waals surface area contributed by atoms with E-state index in [1.807, 2.05) is 0 Å². The van der Waals surface area contributed by atoms with Gasteiger partial charge in [-0.25, -0.2) is 0 Å². The molecule has 6 heteroatoms. The Kier molecular flexibility index (Phi) is 62.8. The molecule has 0 heterocycles. The van der Waals surface area contributed by atoms with Crippen molar-refractivity contribution in [3.8, 4) is 0 Å². The summed E-state index contributed by atoms with van der Waals surface area (Å²) in [4.78, 5) is 38.3. The quantitative estimate of drug-likeness (QED) is 0.0261. The molecule has 0 N–H and O–H groups in total. The number of allylic oxidation sites excluding steroid dienone is 20. The van der Waals surface area contributed by atoms with Gasteiger partial charge in [-0.3, -0.25) is 14.4 Å². The van der Waals surface area contributed by atoms with Gasteiger partial charge in [-0.2, -0.15) is 0 Å². The van der Waals surface area contributed by atoms with Crippen molar-refractivity contribution in [3.63, 3.8) is 0 Å². The maximum Gasteiger partial charge on any atom is 0.306 e. The molecule has 0 aromatic carbocycles. The van der Waals surface area contributed by atoms with Crippen LogP contribution in [0.1, 0.15) is 303 Å². The standard InChI is InChI=1S/C73H122O6/c1-4-7-10-13-16-19-22-25-27-29-31-33-34-35-36-37-38-40-41-43-45-48-51-54-57-60-63-66-72(75)78-69-70(68-77-71(74)65-62-59-56-53-50-47-24-21-18-15-12-9-6-3)79-73(76)67-64-61-58-55-52-49-46-44-42-39-32-30-28-26-23-20-17-14-11-8-5-2/h7,10,12,15-16,19,21,24-25,27,30-33,35-36,38,40,43,45,70H,4-6,8-9,11,13-14,17-18,20,22-23,26,28-29,34,37,39,41-42,44,46-69H2,1-3H3/b10-7-,15-12-,19-16-,24-21-,27-25-,32-30-,33-31-,36-35-,40-38-,45-43-. The highest BCUT2D eigenvalue weighted by Crippen LogP contribution is 2.15. The van der Waals surface area contributed by atoms with E-state index in [4.69, 9.17) is 14.2 Å². The number of hydrogen-bond acceptors (Lipinski definition) is 6. The molecule has 0 aliphatic rings. The summed E-state index contributed by atoms with van der Waals surface area (Å²) in [6.45, 7) is 6.45. The van der Waals surface area contributed by atoms with Crippen LogP contribution in [0, 0.1) is 0 Å². The molecule has 0 rings (SSSR count). The summed E-state index contributed by atoms with van der Waals surface area (Å²) < 4.78 is 16.9. The Bertz CT molecular complexity index is 1640. The first kappa shape index (κ1) is 74.8. The van der Waals surface area contributed by atoms with E-state index in [0.717, 1.165) is 154 Å². The molecule has 0 spiro atoms. The smallest absolute Gasteiger partial charge is 0.306 e. The molecule has 1 unspecified atom stereocenters. The lowest BCUT2D eigenvalue weighted by Crippen LogP contribution is -2.30. The van der Waals surface area contributed by atoms with Gasteiger partial charge in [-0.15, -0.1) is 0 Å². The van der Waals surface area contributed by atoms with Gasteiger partial charge in [0.15, 0.2) is 6.10 Å². The summed E-state index contributed by atoms with van der Waals surface area (Å²) in [6, 6.07) is 0. The topological polar surface area (TPSA) is 78.9 Å². The Hall–Kier alpha value is -4.19. The molecule has 0 aromatic heterocycles. The Morgan fingerprint density at radius 2 is 0.519 bits per heavy atom. The Morgan fingerprint density at radius 3 is 0.835 bits per heavy atom. The van der Waals surface area contributed by atoms with Gasteiger partial charge < -0.3 is 14.2 Å². The molecule has 79 heavy (non-hydrogen) atoms. The molecule has 6 nitrogen and oxygen atoms in total. The van der Waals surface area contributed by atoms with E-state index in [1.54, 1.807) is 0 Å². The number of carbonyl (C=O) groups excluding carboxylic acids is 3. The number of hydrogen-bond donors (Lipinski definition) is 0. The minimum Gasteiger partial charge on any atom is -0.462 e. The highest BCUT2D eigenvalue weighted by molar-refractivity contribution is 5.71. The summed E-state index contributed by atoms with van der Waals surface area (Å²) >= 11 is 0. The molecule has 0 saturated carbocycles. The predicted molar refractivity (Wildman–Crippen MR) is 343 cm³/mol. The molecule has 0 aromatic rings. The predicted octanol–water partition coefficient (Wildman–Crippen LogP) is 22.8. The third kappa shape index (κ3) is 64.5. The molecule has 0 bridgehead atoms. The zero-order valence-corrected chi connectivity index (χ0v) is 51.6. The zero-order chi connectivity index (χ0) is 57.1. The van der Waals surface area contributed by atoms with Crippen molar-refractivity contribution < 1.29 is 28.6 Å². The second kappa shape index (κ2) is 66.3. The van der Waals surface area contributed by atoms with E-state index < -0.39 is 6.10 Å². The fourth-order valence-electron chi connectivity index (χ4n) is 8.99. The van der Waals surface area contributed by atoms with Gasteiger partial charge >= 0.3 is 17.9 Å². The van der Waals surface area contributed by atoms with Crippen LogP contribution in [0.3, 0.4) is 0 Å². The van der Waals surface area contributed by atoms with Crippen molar-refractivity contribution in [3.05, 3.63) is 122 Å².